The number of hydrogen-bond donors (Lipinski definition) is 0. The predicted molar refractivity (Wildman–Crippen MR) is 69.4 cm³/mol. The van der Waals surface area contributed by atoms with E-state index in [4.69, 9.17) is 4.74 Å². The third-order valence-corrected chi connectivity index (χ3v) is 3.45. The van der Waals surface area contributed by atoms with Crippen molar-refractivity contribution in [2.75, 3.05) is 0 Å². The number of ketones is 1. The Kier molecular flexibility index (Phi) is 2.53. The van der Waals surface area contributed by atoms with Crippen LogP contribution in [0.2, 0.25) is 0 Å². The summed E-state index contributed by atoms with van der Waals surface area (Å²) in [4.78, 5) is 12.6. The molecule has 0 bridgehead atoms. The number of epoxide rings is 1. The van der Waals surface area contributed by atoms with Crippen LogP contribution in [0.4, 0.5) is 0 Å². The number of carbonyl (C=O) groups excluding carboxylic acids is 1. The highest BCUT2D eigenvalue weighted by molar-refractivity contribution is 6.05. The summed E-state index contributed by atoms with van der Waals surface area (Å²) in [5.74, 6) is 0.0433. The Hall–Kier alpha value is -1.93. The first-order chi connectivity index (χ1) is 8.75. The van der Waals surface area contributed by atoms with E-state index in [1.54, 1.807) is 0 Å². The summed E-state index contributed by atoms with van der Waals surface area (Å²) in [6.45, 7) is 1.94. The molecule has 1 saturated heterocycles. The van der Waals surface area contributed by atoms with Gasteiger partial charge in [0.25, 0.3) is 0 Å². The molecule has 2 aromatic carbocycles. The molecule has 18 heavy (non-hydrogen) atoms. The maximum absolute atomic E-state index is 12.6. The van der Waals surface area contributed by atoms with E-state index in [0.717, 1.165) is 5.56 Å². The molecule has 1 heterocycles. The fourth-order valence-electron chi connectivity index (χ4n) is 2.41. The van der Waals surface area contributed by atoms with E-state index < -0.39 is 5.60 Å². The topological polar surface area (TPSA) is 29.6 Å². The number of hydrogen-bond acceptors (Lipinski definition) is 2. The Morgan fingerprint density at radius 1 is 1.00 bits per heavy atom. The highest BCUT2D eigenvalue weighted by Crippen LogP contribution is 2.48. The highest BCUT2D eigenvalue weighted by Gasteiger charge is 2.60. The Morgan fingerprint density at radius 2 is 1.50 bits per heavy atom. The first-order valence-electron chi connectivity index (χ1n) is 6.08. The lowest BCUT2D eigenvalue weighted by molar-refractivity contribution is 0.0871. The van der Waals surface area contributed by atoms with Crippen molar-refractivity contribution in [2.24, 2.45) is 0 Å². The lowest BCUT2D eigenvalue weighted by Crippen LogP contribution is -2.24. The van der Waals surface area contributed by atoms with Gasteiger partial charge in [-0.05, 0) is 12.5 Å². The maximum atomic E-state index is 12.6. The highest BCUT2D eigenvalue weighted by atomic mass is 16.6. The summed E-state index contributed by atoms with van der Waals surface area (Å²) in [7, 11) is 0. The van der Waals surface area contributed by atoms with Crippen LogP contribution in [0.3, 0.4) is 0 Å². The van der Waals surface area contributed by atoms with Gasteiger partial charge in [-0.3, -0.25) is 4.79 Å². The van der Waals surface area contributed by atoms with Gasteiger partial charge < -0.3 is 4.74 Å². The summed E-state index contributed by atoms with van der Waals surface area (Å²) < 4.78 is 5.66. The smallest absolute Gasteiger partial charge is 0.201 e. The van der Waals surface area contributed by atoms with Crippen LogP contribution >= 0.6 is 0 Å². The molecule has 0 radical (unpaired) electrons. The summed E-state index contributed by atoms with van der Waals surface area (Å²) in [6, 6.07) is 19.0. The first kappa shape index (κ1) is 11.2. The van der Waals surface area contributed by atoms with Crippen molar-refractivity contribution in [2.45, 2.75) is 18.6 Å². The average molecular weight is 238 g/mol. The maximum Gasteiger partial charge on any atom is 0.201 e. The Morgan fingerprint density at radius 3 is 2.00 bits per heavy atom. The van der Waals surface area contributed by atoms with Gasteiger partial charge in [0.05, 0.1) is 6.10 Å². The number of ether oxygens (including phenoxy) is 1. The van der Waals surface area contributed by atoms with Gasteiger partial charge in [-0.25, -0.2) is 0 Å². The molecule has 2 atom stereocenters. The zero-order valence-corrected chi connectivity index (χ0v) is 10.2. The van der Waals surface area contributed by atoms with Crippen LogP contribution in [0.15, 0.2) is 60.7 Å². The van der Waals surface area contributed by atoms with Crippen molar-refractivity contribution in [1.82, 2.24) is 0 Å². The van der Waals surface area contributed by atoms with E-state index in [0.29, 0.717) is 5.56 Å². The van der Waals surface area contributed by atoms with Gasteiger partial charge in [-0.1, -0.05) is 60.7 Å². The molecule has 0 unspecified atom stereocenters. The van der Waals surface area contributed by atoms with Gasteiger partial charge in [-0.2, -0.15) is 0 Å². The molecule has 0 saturated carbocycles. The van der Waals surface area contributed by atoms with Gasteiger partial charge >= 0.3 is 0 Å². The van der Waals surface area contributed by atoms with E-state index >= 15 is 0 Å². The molecule has 0 spiro atoms. The minimum atomic E-state index is -0.775. The normalized spacial score (nSPS) is 25.7. The molecule has 3 rings (SSSR count). The van der Waals surface area contributed by atoms with E-state index in [9.17, 15) is 4.79 Å². The van der Waals surface area contributed by atoms with Gasteiger partial charge in [0.15, 0.2) is 5.60 Å². The molecule has 1 fully saturated rings. The monoisotopic (exact) mass is 238 g/mol. The second-order valence-corrected chi connectivity index (χ2v) is 4.56. The molecule has 2 nitrogen and oxygen atoms in total. The van der Waals surface area contributed by atoms with E-state index in [-0.39, 0.29) is 11.9 Å². The molecule has 1 aliphatic heterocycles. The summed E-state index contributed by atoms with van der Waals surface area (Å²) >= 11 is 0. The van der Waals surface area contributed by atoms with Crippen molar-refractivity contribution in [1.29, 1.82) is 0 Å². The van der Waals surface area contributed by atoms with Gasteiger partial charge in [0.2, 0.25) is 5.78 Å². The summed E-state index contributed by atoms with van der Waals surface area (Å²) in [5, 5.41) is 0. The molecule has 90 valence electrons. The zero-order chi connectivity index (χ0) is 12.6. The predicted octanol–water partition coefficient (Wildman–Crippen LogP) is 3.18. The third-order valence-electron chi connectivity index (χ3n) is 3.45. The standard InChI is InChI=1S/C16H14O2/c1-12-16(18-12,14-10-6-3-7-11-14)15(17)13-8-4-2-5-9-13/h2-12H,1H3/t12-,16-/m1/s1. The van der Waals surface area contributed by atoms with Crippen LogP contribution in [0.5, 0.6) is 0 Å². The van der Waals surface area contributed by atoms with Crippen LogP contribution < -0.4 is 0 Å². The van der Waals surface area contributed by atoms with Crippen LogP contribution in [-0.2, 0) is 10.3 Å². The largest absolute Gasteiger partial charge is 0.352 e. The average Bonchev–Trinajstić information content (AvgIpc) is 3.13. The lowest BCUT2D eigenvalue weighted by atomic mass is 9.88. The van der Waals surface area contributed by atoms with Gasteiger partial charge in [0, 0.05) is 5.56 Å². The van der Waals surface area contributed by atoms with Crippen molar-refractivity contribution in [3.63, 3.8) is 0 Å². The third kappa shape index (κ3) is 1.57. The first-order valence-corrected chi connectivity index (χ1v) is 6.08. The van der Waals surface area contributed by atoms with Gasteiger partial charge in [-0.15, -0.1) is 0 Å². The Labute approximate surface area is 106 Å². The minimum Gasteiger partial charge on any atom is -0.352 e. The second-order valence-electron chi connectivity index (χ2n) is 4.56. The quantitative estimate of drug-likeness (QED) is 0.607. The van der Waals surface area contributed by atoms with Crippen LogP contribution in [0.25, 0.3) is 0 Å². The van der Waals surface area contributed by atoms with E-state index in [1.165, 1.54) is 0 Å². The molecule has 0 N–H and O–H groups in total. The molecule has 0 aromatic heterocycles. The van der Waals surface area contributed by atoms with E-state index in [1.807, 2.05) is 67.6 Å². The summed E-state index contributed by atoms with van der Waals surface area (Å²) in [6.07, 6.45) is -0.0624. The molecular formula is C16H14O2. The van der Waals surface area contributed by atoms with Crippen LogP contribution in [0, 0.1) is 0 Å². The van der Waals surface area contributed by atoms with E-state index in [2.05, 4.69) is 0 Å². The van der Waals surface area contributed by atoms with Crippen molar-refractivity contribution >= 4 is 5.78 Å². The van der Waals surface area contributed by atoms with Crippen molar-refractivity contribution in [3.05, 3.63) is 71.8 Å². The molecule has 0 aliphatic carbocycles. The molecule has 0 amide bonds. The van der Waals surface area contributed by atoms with Gasteiger partial charge in [0.1, 0.15) is 0 Å². The van der Waals surface area contributed by atoms with Crippen molar-refractivity contribution < 1.29 is 9.53 Å². The number of rotatable bonds is 3. The SMILES string of the molecule is C[C@H]1O[C@@]1(C(=O)c1ccccc1)c1ccccc1. The van der Waals surface area contributed by atoms with Crippen LogP contribution in [0.1, 0.15) is 22.8 Å². The molecule has 1 aliphatic rings. The van der Waals surface area contributed by atoms with Crippen LogP contribution in [-0.4, -0.2) is 11.9 Å². The fourth-order valence-corrected chi connectivity index (χ4v) is 2.41. The number of Topliss-reactive ketones (excluding diaryl/α,β-unsaturated/α-hetero) is 1. The molecular weight excluding hydrogens is 224 g/mol. The fraction of sp³-hybridized carbons (Fsp3) is 0.188. The molecule has 2 heteroatoms. The lowest BCUT2D eigenvalue weighted by Gasteiger charge is -2.12. The number of benzene rings is 2. The zero-order valence-electron chi connectivity index (χ0n) is 10.2. The second kappa shape index (κ2) is 4.07. The minimum absolute atomic E-state index is 0.0433. The Bertz CT molecular complexity index is 562. The summed E-state index contributed by atoms with van der Waals surface area (Å²) in [5.41, 5.74) is 0.861. The molecule has 2 aromatic rings. The Balaban J connectivity index is 2.02. The van der Waals surface area contributed by atoms with Crippen molar-refractivity contribution in [3.8, 4) is 0 Å². The number of carbonyl (C=O) groups is 1.